The molecule has 1 aliphatic rings. The van der Waals surface area contributed by atoms with Crippen molar-refractivity contribution in [2.45, 2.75) is 39.3 Å². The first kappa shape index (κ1) is 15.9. The molecular weight excluding hydrogens is 270 g/mol. The molecule has 2 heterocycles. The van der Waals surface area contributed by atoms with Crippen molar-refractivity contribution in [1.29, 1.82) is 0 Å². The summed E-state index contributed by atoms with van der Waals surface area (Å²) in [6.07, 6.45) is 3.76. The summed E-state index contributed by atoms with van der Waals surface area (Å²) in [4.78, 5) is 8.64. The lowest BCUT2D eigenvalue weighted by Gasteiger charge is -2.29. The third kappa shape index (κ3) is 4.52. The molecule has 1 fully saturated rings. The summed E-state index contributed by atoms with van der Waals surface area (Å²) in [5, 5.41) is 4.46. The number of aromatic nitrogens is 1. The molecule has 4 nitrogen and oxygen atoms in total. The van der Waals surface area contributed by atoms with Gasteiger partial charge >= 0.3 is 0 Å². The molecule has 0 bridgehead atoms. The summed E-state index contributed by atoms with van der Waals surface area (Å²) >= 11 is 1.83. The zero-order valence-corrected chi connectivity index (χ0v) is 13.8. The van der Waals surface area contributed by atoms with Crippen LogP contribution in [0.25, 0.3) is 0 Å². The van der Waals surface area contributed by atoms with Crippen LogP contribution in [0.3, 0.4) is 0 Å². The summed E-state index contributed by atoms with van der Waals surface area (Å²) in [7, 11) is 3.71. The molecule has 114 valence electrons. The van der Waals surface area contributed by atoms with Gasteiger partial charge < -0.3 is 15.0 Å². The largest absolute Gasteiger partial charge is 0.378 e. The smallest absolute Gasteiger partial charge is 0.0945 e. The molecule has 0 atom stereocenters. The van der Waals surface area contributed by atoms with Crippen LogP contribution in [-0.2, 0) is 24.3 Å². The minimum atomic E-state index is 0.620. The minimum absolute atomic E-state index is 0.620. The topological polar surface area (TPSA) is 37.4 Å². The number of rotatable bonds is 7. The van der Waals surface area contributed by atoms with E-state index in [0.717, 1.165) is 31.1 Å². The Bertz CT molecular complexity index is 376. The lowest BCUT2D eigenvalue weighted by atomic mass is 9.99. The molecule has 0 amide bonds. The number of piperidine rings is 1. The molecule has 20 heavy (non-hydrogen) atoms. The van der Waals surface area contributed by atoms with Gasteiger partial charge in [0.1, 0.15) is 0 Å². The molecule has 1 aliphatic heterocycles. The Labute approximate surface area is 126 Å². The predicted octanol–water partition coefficient (Wildman–Crippen LogP) is 2.28. The van der Waals surface area contributed by atoms with E-state index in [0.29, 0.717) is 6.61 Å². The second kappa shape index (κ2) is 8.08. The first-order chi connectivity index (χ1) is 9.72. The first-order valence-corrected chi connectivity index (χ1v) is 8.38. The summed E-state index contributed by atoms with van der Waals surface area (Å²) in [5.74, 6) is 0.904. The van der Waals surface area contributed by atoms with Crippen molar-refractivity contribution < 1.29 is 4.74 Å². The van der Waals surface area contributed by atoms with Gasteiger partial charge in [0, 0.05) is 31.5 Å². The maximum atomic E-state index is 5.24. The summed E-state index contributed by atoms with van der Waals surface area (Å²) in [5.41, 5.74) is 1.11. The van der Waals surface area contributed by atoms with Crippen molar-refractivity contribution in [2.24, 2.45) is 5.92 Å². The van der Waals surface area contributed by atoms with Crippen LogP contribution in [0.2, 0.25) is 0 Å². The number of ether oxygens (including phenoxy) is 1. The molecule has 1 N–H and O–H groups in total. The molecule has 0 saturated carbocycles. The van der Waals surface area contributed by atoms with E-state index in [1.165, 1.54) is 35.8 Å². The highest BCUT2D eigenvalue weighted by Gasteiger charge is 2.16. The second-order valence-electron chi connectivity index (χ2n) is 5.71. The normalized spacial score (nSPS) is 17.8. The zero-order chi connectivity index (χ0) is 14.4. The van der Waals surface area contributed by atoms with Crippen LogP contribution in [0.15, 0.2) is 0 Å². The Kier molecular flexibility index (Phi) is 6.42. The number of likely N-dealkylation sites (tertiary alicyclic amines) is 1. The molecule has 0 radical (unpaired) electrons. The summed E-state index contributed by atoms with van der Waals surface area (Å²) in [6, 6.07) is 0. The SMILES string of the molecule is CNCc1sc(CCN2CCC(C)CC2)nc1COC. The van der Waals surface area contributed by atoms with Gasteiger partial charge in [0.05, 0.1) is 17.3 Å². The van der Waals surface area contributed by atoms with Crippen LogP contribution < -0.4 is 5.32 Å². The zero-order valence-electron chi connectivity index (χ0n) is 12.9. The number of thiazole rings is 1. The molecule has 0 unspecified atom stereocenters. The Hall–Kier alpha value is -0.490. The number of nitrogens with zero attached hydrogens (tertiary/aromatic N) is 2. The highest BCUT2D eigenvalue weighted by atomic mass is 32.1. The van der Waals surface area contributed by atoms with E-state index in [-0.39, 0.29) is 0 Å². The van der Waals surface area contributed by atoms with Gasteiger partial charge in [-0.2, -0.15) is 0 Å². The predicted molar refractivity (Wildman–Crippen MR) is 84.1 cm³/mol. The molecule has 1 aromatic heterocycles. The highest BCUT2D eigenvalue weighted by molar-refractivity contribution is 7.11. The van der Waals surface area contributed by atoms with Crippen LogP contribution >= 0.6 is 11.3 Å². The van der Waals surface area contributed by atoms with Gasteiger partial charge in [0.2, 0.25) is 0 Å². The standard InChI is InChI=1S/C15H27N3OS/c1-12-4-7-18(8-5-12)9-6-15-17-13(11-19-3)14(20-15)10-16-2/h12,16H,4-11H2,1-3H3. The molecule has 0 aromatic carbocycles. The third-order valence-corrected chi connectivity index (χ3v) is 5.12. The molecule has 5 heteroatoms. The Morgan fingerprint density at radius 3 is 2.80 bits per heavy atom. The monoisotopic (exact) mass is 297 g/mol. The van der Waals surface area contributed by atoms with Crippen molar-refractivity contribution in [3.8, 4) is 0 Å². The number of hydrogen-bond acceptors (Lipinski definition) is 5. The molecule has 2 rings (SSSR count). The van der Waals surface area contributed by atoms with Gasteiger partial charge in [-0.15, -0.1) is 11.3 Å². The number of hydrogen-bond donors (Lipinski definition) is 1. The van der Waals surface area contributed by atoms with Crippen LogP contribution in [0.5, 0.6) is 0 Å². The van der Waals surface area contributed by atoms with Gasteiger partial charge in [0.15, 0.2) is 0 Å². The molecule has 1 aromatic rings. The molecule has 0 spiro atoms. The quantitative estimate of drug-likeness (QED) is 0.838. The van der Waals surface area contributed by atoms with Gasteiger partial charge in [-0.1, -0.05) is 6.92 Å². The van der Waals surface area contributed by atoms with E-state index < -0.39 is 0 Å². The van der Waals surface area contributed by atoms with E-state index >= 15 is 0 Å². The minimum Gasteiger partial charge on any atom is -0.378 e. The lowest BCUT2D eigenvalue weighted by molar-refractivity contribution is 0.180. The highest BCUT2D eigenvalue weighted by Crippen LogP contribution is 2.21. The van der Waals surface area contributed by atoms with E-state index in [1.54, 1.807) is 7.11 Å². The van der Waals surface area contributed by atoms with Gasteiger partial charge in [-0.05, 0) is 38.9 Å². The average Bonchev–Trinajstić information content (AvgIpc) is 2.82. The van der Waals surface area contributed by atoms with Crippen LogP contribution in [0.4, 0.5) is 0 Å². The molecule has 0 aliphatic carbocycles. The third-order valence-electron chi connectivity index (χ3n) is 3.96. The van der Waals surface area contributed by atoms with Gasteiger partial charge in [-0.25, -0.2) is 4.98 Å². The van der Waals surface area contributed by atoms with Crippen LogP contribution in [0, 0.1) is 5.92 Å². The second-order valence-corrected chi connectivity index (χ2v) is 6.88. The molecular formula is C15H27N3OS. The number of methoxy groups -OCH3 is 1. The van der Waals surface area contributed by atoms with E-state index in [4.69, 9.17) is 9.72 Å². The van der Waals surface area contributed by atoms with E-state index in [9.17, 15) is 0 Å². The van der Waals surface area contributed by atoms with Crippen LogP contribution in [-0.4, -0.2) is 43.7 Å². The van der Waals surface area contributed by atoms with Gasteiger partial charge in [-0.3, -0.25) is 0 Å². The maximum absolute atomic E-state index is 5.24. The Morgan fingerprint density at radius 1 is 1.40 bits per heavy atom. The fourth-order valence-corrected chi connectivity index (χ4v) is 3.70. The van der Waals surface area contributed by atoms with Crippen molar-refractivity contribution in [1.82, 2.24) is 15.2 Å². The van der Waals surface area contributed by atoms with Crippen molar-refractivity contribution >= 4 is 11.3 Å². The maximum Gasteiger partial charge on any atom is 0.0945 e. The van der Waals surface area contributed by atoms with Crippen molar-refractivity contribution in [3.05, 3.63) is 15.6 Å². The Morgan fingerprint density at radius 2 is 2.15 bits per heavy atom. The fraction of sp³-hybridized carbons (Fsp3) is 0.800. The van der Waals surface area contributed by atoms with Crippen molar-refractivity contribution in [2.75, 3.05) is 33.8 Å². The molecule has 1 saturated heterocycles. The summed E-state index contributed by atoms with van der Waals surface area (Å²) < 4.78 is 5.24. The lowest BCUT2D eigenvalue weighted by Crippen LogP contribution is -2.34. The average molecular weight is 297 g/mol. The summed E-state index contributed by atoms with van der Waals surface area (Å²) in [6.45, 7) is 7.51. The first-order valence-electron chi connectivity index (χ1n) is 7.56. The van der Waals surface area contributed by atoms with Gasteiger partial charge in [0.25, 0.3) is 0 Å². The Balaban J connectivity index is 1.87. The fourth-order valence-electron chi connectivity index (χ4n) is 2.63. The van der Waals surface area contributed by atoms with Crippen LogP contribution in [0.1, 0.15) is 35.3 Å². The number of nitrogens with one attached hydrogen (secondary N) is 1. The van der Waals surface area contributed by atoms with Crippen molar-refractivity contribution in [3.63, 3.8) is 0 Å². The van der Waals surface area contributed by atoms with E-state index in [1.807, 2.05) is 18.4 Å². The van der Waals surface area contributed by atoms with E-state index in [2.05, 4.69) is 17.1 Å².